The average molecular weight is 265 g/mol. The quantitative estimate of drug-likeness (QED) is 0.760. The second kappa shape index (κ2) is 4.93. The predicted octanol–water partition coefficient (Wildman–Crippen LogP) is 1.61. The highest BCUT2D eigenvalue weighted by Gasteiger charge is 2.16. The van der Waals surface area contributed by atoms with Gasteiger partial charge in [-0.25, -0.2) is 0 Å². The van der Waals surface area contributed by atoms with E-state index in [1.807, 2.05) is 6.07 Å². The summed E-state index contributed by atoms with van der Waals surface area (Å²) >= 11 is 0. The van der Waals surface area contributed by atoms with Gasteiger partial charge in [-0.05, 0) is 24.3 Å². The van der Waals surface area contributed by atoms with Crippen LogP contribution < -0.4 is 5.73 Å². The van der Waals surface area contributed by atoms with E-state index in [2.05, 4.69) is 15.1 Å². The van der Waals surface area contributed by atoms with Crippen molar-refractivity contribution in [1.82, 2.24) is 19.7 Å². The number of rotatable bonds is 2. The maximum absolute atomic E-state index is 12.3. The van der Waals surface area contributed by atoms with E-state index < -0.39 is 0 Å². The molecule has 2 aromatic heterocycles. The van der Waals surface area contributed by atoms with E-state index in [9.17, 15) is 4.79 Å². The van der Waals surface area contributed by atoms with Gasteiger partial charge in [0, 0.05) is 23.5 Å². The topological polar surface area (TPSA) is 86.7 Å². The van der Waals surface area contributed by atoms with E-state index in [1.54, 1.807) is 48.8 Å². The highest BCUT2D eigenvalue weighted by Crippen LogP contribution is 2.16. The fourth-order valence-corrected chi connectivity index (χ4v) is 1.79. The molecule has 0 amide bonds. The summed E-state index contributed by atoms with van der Waals surface area (Å²) in [5.74, 6) is 0.114. The van der Waals surface area contributed by atoms with Crippen LogP contribution in [0.1, 0.15) is 10.4 Å². The SMILES string of the molecule is Nc1nc(-c2cccnc2)nn1C(=O)c1ccccc1. The second-order valence-corrected chi connectivity index (χ2v) is 4.12. The van der Waals surface area contributed by atoms with Gasteiger partial charge >= 0.3 is 0 Å². The Morgan fingerprint density at radius 2 is 1.90 bits per heavy atom. The summed E-state index contributed by atoms with van der Waals surface area (Å²) in [6, 6.07) is 12.4. The largest absolute Gasteiger partial charge is 0.368 e. The number of benzene rings is 1. The van der Waals surface area contributed by atoms with Crippen molar-refractivity contribution in [2.24, 2.45) is 0 Å². The first-order valence-electron chi connectivity index (χ1n) is 5.98. The van der Waals surface area contributed by atoms with Crippen molar-refractivity contribution in [2.45, 2.75) is 0 Å². The molecule has 0 aliphatic heterocycles. The number of nitrogens with zero attached hydrogens (tertiary/aromatic N) is 4. The molecule has 0 bridgehead atoms. The van der Waals surface area contributed by atoms with Gasteiger partial charge in [-0.3, -0.25) is 9.78 Å². The smallest absolute Gasteiger partial charge is 0.281 e. The zero-order valence-electron chi connectivity index (χ0n) is 10.5. The Kier molecular flexibility index (Phi) is 2.96. The second-order valence-electron chi connectivity index (χ2n) is 4.12. The first kappa shape index (κ1) is 12.0. The molecule has 0 aliphatic rings. The van der Waals surface area contributed by atoms with Crippen molar-refractivity contribution in [3.8, 4) is 11.4 Å². The molecule has 0 fully saturated rings. The van der Waals surface area contributed by atoms with Crippen LogP contribution in [0, 0.1) is 0 Å². The number of nitrogen functional groups attached to an aromatic ring is 1. The minimum Gasteiger partial charge on any atom is -0.368 e. The van der Waals surface area contributed by atoms with Crippen molar-refractivity contribution >= 4 is 11.9 Å². The molecule has 0 saturated heterocycles. The number of anilines is 1. The molecule has 2 heterocycles. The lowest BCUT2D eigenvalue weighted by Gasteiger charge is -2.00. The highest BCUT2D eigenvalue weighted by atomic mass is 16.2. The molecule has 0 saturated carbocycles. The van der Waals surface area contributed by atoms with Crippen molar-refractivity contribution in [3.05, 3.63) is 60.4 Å². The minimum atomic E-state index is -0.314. The molecule has 0 unspecified atom stereocenters. The number of nitrogens with two attached hydrogens (primary N) is 1. The van der Waals surface area contributed by atoms with E-state index in [0.29, 0.717) is 17.0 Å². The first-order chi connectivity index (χ1) is 9.75. The lowest BCUT2D eigenvalue weighted by atomic mass is 10.2. The van der Waals surface area contributed by atoms with Gasteiger partial charge in [-0.2, -0.15) is 9.67 Å². The van der Waals surface area contributed by atoms with Crippen LogP contribution >= 0.6 is 0 Å². The monoisotopic (exact) mass is 265 g/mol. The van der Waals surface area contributed by atoms with Crippen molar-refractivity contribution in [3.63, 3.8) is 0 Å². The summed E-state index contributed by atoms with van der Waals surface area (Å²) < 4.78 is 1.09. The summed E-state index contributed by atoms with van der Waals surface area (Å²) in [5.41, 5.74) is 6.97. The molecule has 0 aliphatic carbocycles. The Hall–Kier alpha value is -3.02. The van der Waals surface area contributed by atoms with Crippen LogP contribution in [0.25, 0.3) is 11.4 Å². The van der Waals surface area contributed by atoms with Gasteiger partial charge in [0.25, 0.3) is 5.91 Å². The molecule has 1 aromatic carbocycles. The molecule has 98 valence electrons. The third kappa shape index (κ3) is 2.14. The maximum Gasteiger partial charge on any atom is 0.281 e. The maximum atomic E-state index is 12.3. The van der Waals surface area contributed by atoms with Crippen LogP contribution in [-0.2, 0) is 0 Å². The summed E-state index contributed by atoms with van der Waals surface area (Å²) in [5, 5.41) is 4.15. The van der Waals surface area contributed by atoms with Gasteiger partial charge in [0.2, 0.25) is 5.95 Å². The Labute approximate surface area is 114 Å². The van der Waals surface area contributed by atoms with Crippen LogP contribution in [0.15, 0.2) is 54.9 Å². The number of carbonyl (C=O) groups excluding carboxylic acids is 1. The molecule has 6 heteroatoms. The molecular formula is C14H11N5O. The standard InChI is InChI=1S/C14H11N5O/c15-14-17-12(11-7-4-8-16-9-11)18-19(14)13(20)10-5-2-1-3-6-10/h1-9H,(H2,15,17,18). The lowest BCUT2D eigenvalue weighted by Crippen LogP contribution is -2.16. The third-order valence-electron chi connectivity index (χ3n) is 2.77. The number of hydrogen-bond donors (Lipinski definition) is 1. The van der Waals surface area contributed by atoms with E-state index in [1.165, 1.54) is 0 Å². The summed E-state index contributed by atoms with van der Waals surface area (Å²) in [7, 11) is 0. The molecule has 0 radical (unpaired) electrons. The van der Waals surface area contributed by atoms with Gasteiger partial charge in [0.15, 0.2) is 5.82 Å². The van der Waals surface area contributed by atoms with Gasteiger partial charge in [-0.15, -0.1) is 5.10 Å². The Balaban J connectivity index is 2.00. The van der Waals surface area contributed by atoms with Crippen LogP contribution in [0.2, 0.25) is 0 Å². The summed E-state index contributed by atoms with van der Waals surface area (Å²) in [6.45, 7) is 0. The molecule has 6 nitrogen and oxygen atoms in total. The molecule has 3 aromatic rings. The zero-order valence-corrected chi connectivity index (χ0v) is 10.5. The number of pyridine rings is 1. The average Bonchev–Trinajstić information content (AvgIpc) is 2.90. The van der Waals surface area contributed by atoms with E-state index in [4.69, 9.17) is 5.73 Å². The van der Waals surface area contributed by atoms with Crippen molar-refractivity contribution < 1.29 is 4.79 Å². The van der Waals surface area contributed by atoms with Crippen LogP contribution in [-0.4, -0.2) is 25.7 Å². The van der Waals surface area contributed by atoms with E-state index in [-0.39, 0.29) is 11.9 Å². The van der Waals surface area contributed by atoms with Gasteiger partial charge < -0.3 is 5.73 Å². The highest BCUT2D eigenvalue weighted by molar-refractivity contribution is 5.96. The van der Waals surface area contributed by atoms with Crippen molar-refractivity contribution in [2.75, 3.05) is 5.73 Å². The Morgan fingerprint density at radius 3 is 2.60 bits per heavy atom. The molecular weight excluding hydrogens is 254 g/mol. The van der Waals surface area contributed by atoms with Crippen LogP contribution in [0.5, 0.6) is 0 Å². The predicted molar refractivity (Wildman–Crippen MR) is 73.8 cm³/mol. The van der Waals surface area contributed by atoms with Gasteiger partial charge in [0.1, 0.15) is 0 Å². The van der Waals surface area contributed by atoms with Gasteiger partial charge in [0.05, 0.1) is 0 Å². The Morgan fingerprint density at radius 1 is 1.10 bits per heavy atom. The third-order valence-corrected chi connectivity index (χ3v) is 2.77. The van der Waals surface area contributed by atoms with E-state index >= 15 is 0 Å². The van der Waals surface area contributed by atoms with Crippen LogP contribution in [0.3, 0.4) is 0 Å². The summed E-state index contributed by atoms with van der Waals surface area (Å²) in [6.07, 6.45) is 3.27. The van der Waals surface area contributed by atoms with Gasteiger partial charge in [-0.1, -0.05) is 18.2 Å². The number of carbonyl (C=O) groups is 1. The molecule has 3 rings (SSSR count). The lowest BCUT2D eigenvalue weighted by molar-refractivity contribution is 0.0948. The van der Waals surface area contributed by atoms with Crippen LogP contribution in [0.4, 0.5) is 5.95 Å². The summed E-state index contributed by atoms with van der Waals surface area (Å²) in [4.78, 5) is 20.4. The number of hydrogen-bond acceptors (Lipinski definition) is 5. The fourth-order valence-electron chi connectivity index (χ4n) is 1.79. The zero-order chi connectivity index (χ0) is 13.9. The normalized spacial score (nSPS) is 10.4. The fraction of sp³-hybridized carbons (Fsp3) is 0. The minimum absolute atomic E-state index is 0.0534. The van der Waals surface area contributed by atoms with E-state index in [0.717, 1.165) is 4.68 Å². The van der Waals surface area contributed by atoms with Crippen molar-refractivity contribution in [1.29, 1.82) is 0 Å². The molecule has 2 N–H and O–H groups in total. The molecule has 0 atom stereocenters. The first-order valence-corrected chi connectivity index (χ1v) is 5.98. The molecule has 20 heavy (non-hydrogen) atoms. The molecule has 0 spiro atoms. The Bertz CT molecular complexity index is 737. The number of aromatic nitrogens is 4.